The molecule has 1 N–H and O–H groups in total. The summed E-state index contributed by atoms with van der Waals surface area (Å²) >= 11 is 0. The van der Waals surface area contributed by atoms with E-state index in [1.54, 1.807) is 0 Å². The van der Waals surface area contributed by atoms with Crippen molar-refractivity contribution in [2.24, 2.45) is 11.3 Å². The van der Waals surface area contributed by atoms with Crippen LogP contribution in [0.5, 0.6) is 0 Å². The molecule has 0 unspecified atom stereocenters. The summed E-state index contributed by atoms with van der Waals surface area (Å²) in [6, 6.07) is 0.596. The highest BCUT2D eigenvalue weighted by Gasteiger charge is 2.32. The minimum absolute atomic E-state index is 0.507. The minimum Gasteiger partial charge on any atom is -0.381 e. The van der Waals surface area contributed by atoms with E-state index in [-0.39, 0.29) is 0 Å². The van der Waals surface area contributed by atoms with Crippen LogP contribution in [0.2, 0.25) is 0 Å². The predicted octanol–water partition coefficient (Wildman–Crippen LogP) is 3.22. The monoisotopic (exact) mass is 227 g/mol. The van der Waals surface area contributed by atoms with Gasteiger partial charge < -0.3 is 10.1 Å². The first-order valence-electron chi connectivity index (χ1n) is 6.85. The van der Waals surface area contributed by atoms with Gasteiger partial charge in [-0.25, -0.2) is 0 Å². The van der Waals surface area contributed by atoms with Gasteiger partial charge in [0, 0.05) is 25.8 Å². The van der Waals surface area contributed by atoms with E-state index in [0.717, 1.165) is 19.1 Å². The zero-order valence-electron chi connectivity index (χ0n) is 11.5. The normalized spacial score (nSPS) is 20.6. The molecular weight excluding hydrogens is 198 g/mol. The molecule has 1 rings (SSSR count). The standard InChI is InChI=1S/C14H29NO/c1-12(2)5-6-14(11-15-13(3)4)7-9-16-10-8-14/h12-13,15H,5-11H2,1-4H3. The number of nitrogens with one attached hydrogen (secondary N) is 1. The maximum atomic E-state index is 5.51. The fourth-order valence-corrected chi connectivity index (χ4v) is 2.34. The Hall–Kier alpha value is -0.0800. The smallest absolute Gasteiger partial charge is 0.0471 e. The van der Waals surface area contributed by atoms with Gasteiger partial charge in [0.1, 0.15) is 0 Å². The Morgan fingerprint density at radius 1 is 1.12 bits per heavy atom. The highest BCUT2D eigenvalue weighted by atomic mass is 16.5. The Bertz CT molecular complexity index is 169. The van der Waals surface area contributed by atoms with E-state index >= 15 is 0 Å². The van der Waals surface area contributed by atoms with Gasteiger partial charge in [-0.2, -0.15) is 0 Å². The third kappa shape index (κ3) is 4.84. The molecule has 0 spiro atoms. The van der Waals surface area contributed by atoms with Crippen molar-refractivity contribution in [1.29, 1.82) is 0 Å². The van der Waals surface area contributed by atoms with Crippen LogP contribution < -0.4 is 5.32 Å². The first kappa shape index (κ1) is 14.0. The zero-order valence-corrected chi connectivity index (χ0v) is 11.5. The second kappa shape index (κ2) is 6.61. The highest BCUT2D eigenvalue weighted by molar-refractivity contribution is 4.85. The molecule has 0 amide bonds. The predicted molar refractivity (Wildman–Crippen MR) is 69.7 cm³/mol. The van der Waals surface area contributed by atoms with Crippen LogP contribution in [0.15, 0.2) is 0 Å². The summed E-state index contributed by atoms with van der Waals surface area (Å²) in [6.45, 7) is 12.2. The van der Waals surface area contributed by atoms with Gasteiger partial charge in [-0.15, -0.1) is 0 Å². The first-order valence-corrected chi connectivity index (χ1v) is 6.85. The van der Waals surface area contributed by atoms with E-state index in [2.05, 4.69) is 33.0 Å². The van der Waals surface area contributed by atoms with E-state index in [1.807, 2.05) is 0 Å². The highest BCUT2D eigenvalue weighted by Crippen LogP contribution is 2.36. The average molecular weight is 227 g/mol. The molecule has 2 nitrogen and oxygen atoms in total. The summed E-state index contributed by atoms with van der Waals surface area (Å²) in [6.07, 6.45) is 5.17. The molecule has 96 valence electrons. The maximum Gasteiger partial charge on any atom is 0.0471 e. The Morgan fingerprint density at radius 3 is 2.25 bits per heavy atom. The van der Waals surface area contributed by atoms with Gasteiger partial charge in [0.25, 0.3) is 0 Å². The van der Waals surface area contributed by atoms with Crippen LogP contribution in [0.3, 0.4) is 0 Å². The molecule has 0 aromatic rings. The van der Waals surface area contributed by atoms with E-state index in [0.29, 0.717) is 11.5 Å². The van der Waals surface area contributed by atoms with Crippen LogP contribution in [-0.4, -0.2) is 25.8 Å². The fourth-order valence-electron chi connectivity index (χ4n) is 2.34. The van der Waals surface area contributed by atoms with Crippen LogP contribution in [-0.2, 0) is 4.74 Å². The molecule has 1 saturated heterocycles. The van der Waals surface area contributed by atoms with Crippen molar-refractivity contribution in [2.45, 2.75) is 59.4 Å². The molecule has 0 aromatic heterocycles. The van der Waals surface area contributed by atoms with Gasteiger partial charge in [0.05, 0.1) is 0 Å². The van der Waals surface area contributed by atoms with E-state index in [9.17, 15) is 0 Å². The lowest BCUT2D eigenvalue weighted by atomic mass is 9.75. The van der Waals surface area contributed by atoms with Crippen LogP contribution in [0, 0.1) is 11.3 Å². The lowest BCUT2D eigenvalue weighted by Crippen LogP contribution is -2.41. The van der Waals surface area contributed by atoms with Crippen molar-refractivity contribution in [1.82, 2.24) is 5.32 Å². The SMILES string of the molecule is CC(C)CCC1(CNC(C)C)CCOCC1. The van der Waals surface area contributed by atoms with E-state index < -0.39 is 0 Å². The molecule has 1 heterocycles. The quantitative estimate of drug-likeness (QED) is 0.752. The van der Waals surface area contributed by atoms with Gasteiger partial charge in [0.2, 0.25) is 0 Å². The molecule has 1 fully saturated rings. The van der Waals surface area contributed by atoms with Crippen LogP contribution in [0.1, 0.15) is 53.4 Å². The summed E-state index contributed by atoms with van der Waals surface area (Å²) in [5.74, 6) is 0.818. The van der Waals surface area contributed by atoms with Crippen LogP contribution >= 0.6 is 0 Å². The molecular formula is C14H29NO. The Balaban J connectivity index is 2.45. The molecule has 0 radical (unpaired) electrons. The van der Waals surface area contributed by atoms with Crippen molar-refractivity contribution >= 4 is 0 Å². The fraction of sp³-hybridized carbons (Fsp3) is 1.00. The van der Waals surface area contributed by atoms with Crippen molar-refractivity contribution < 1.29 is 4.74 Å². The molecule has 0 atom stereocenters. The maximum absolute atomic E-state index is 5.51. The van der Waals surface area contributed by atoms with Gasteiger partial charge in [-0.05, 0) is 30.6 Å². The molecule has 2 heteroatoms. The second-order valence-corrected chi connectivity index (χ2v) is 6.08. The van der Waals surface area contributed by atoms with Crippen LogP contribution in [0.4, 0.5) is 0 Å². The summed E-state index contributed by atoms with van der Waals surface area (Å²) in [5.41, 5.74) is 0.507. The van der Waals surface area contributed by atoms with Crippen molar-refractivity contribution in [3.63, 3.8) is 0 Å². The minimum atomic E-state index is 0.507. The number of hydrogen-bond acceptors (Lipinski definition) is 2. The summed E-state index contributed by atoms with van der Waals surface area (Å²) < 4.78 is 5.51. The largest absolute Gasteiger partial charge is 0.381 e. The number of ether oxygens (including phenoxy) is 1. The Kier molecular flexibility index (Phi) is 5.77. The van der Waals surface area contributed by atoms with E-state index in [4.69, 9.17) is 4.74 Å². The van der Waals surface area contributed by atoms with Crippen molar-refractivity contribution in [3.05, 3.63) is 0 Å². The lowest BCUT2D eigenvalue weighted by Gasteiger charge is -2.38. The van der Waals surface area contributed by atoms with E-state index in [1.165, 1.54) is 32.2 Å². The van der Waals surface area contributed by atoms with Gasteiger partial charge in [-0.1, -0.05) is 34.1 Å². The third-order valence-corrected chi connectivity index (χ3v) is 3.69. The van der Waals surface area contributed by atoms with Crippen molar-refractivity contribution in [2.75, 3.05) is 19.8 Å². The van der Waals surface area contributed by atoms with Gasteiger partial charge in [-0.3, -0.25) is 0 Å². The Labute approximate surface area is 101 Å². The third-order valence-electron chi connectivity index (χ3n) is 3.69. The molecule has 0 bridgehead atoms. The number of hydrogen-bond donors (Lipinski definition) is 1. The molecule has 0 saturated carbocycles. The Morgan fingerprint density at radius 2 is 1.75 bits per heavy atom. The molecule has 1 aliphatic heterocycles. The van der Waals surface area contributed by atoms with Gasteiger partial charge in [0.15, 0.2) is 0 Å². The molecule has 0 aliphatic carbocycles. The molecule has 0 aromatic carbocycles. The molecule has 16 heavy (non-hydrogen) atoms. The van der Waals surface area contributed by atoms with Crippen LogP contribution in [0.25, 0.3) is 0 Å². The number of rotatable bonds is 6. The zero-order chi connectivity index (χ0) is 12.0. The summed E-state index contributed by atoms with van der Waals surface area (Å²) in [5, 5.41) is 3.62. The molecule has 1 aliphatic rings. The van der Waals surface area contributed by atoms with Crippen molar-refractivity contribution in [3.8, 4) is 0 Å². The summed E-state index contributed by atoms with van der Waals surface area (Å²) in [7, 11) is 0. The average Bonchev–Trinajstić information content (AvgIpc) is 2.25. The second-order valence-electron chi connectivity index (χ2n) is 6.08. The lowest BCUT2D eigenvalue weighted by molar-refractivity contribution is 0.00703. The van der Waals surface area contributed by atoms with Gasteiger partial charge >= 0.3 is 0 Å². The summed E-state index contributed by atoms with van der Waals surface area (Å²) in [4.78, 5) is 0. The first-order chi connectivity index (χ1) is 7.54. The topological polar surface area (TPSA) is 21.3 Å².